The number of pyridine rings is 1. The van der Waals surface area contributed by atoms with Crippen molar-refractivity contribution < 1.29 is 41.4 Å². The maximum atomic E-state index is 13.9. The maximum Gasteiger partial charge on any atom is 0.416 e. The van der Waals surface area contributed by atoms with E-state index >= 15 is 0 Å². The van der Waals surface area contributed by atoms with Crippen molar-refractivity contribution in [1.82, 2.24) is 4.98 Å². The Morgan fingerprint density at radius 2 is 1.43 bits per heavy atom. The quantitative estimate of drug-likeness (QED) is 0.252. The van der Waals surface area contributed by atoms with E-state index in [4.69, 9.17) is 11.6 Å². The molecule has 42 heavy (non-hydrogen) atoms. The molecule has 3 aromatic rings. The molecule has 13 heteroatoms. The largest absolute Gasteiger partial charge is 0.416 e. The van der Waals surface area contributed by atoms with Gasteiger partial charge in [-0.15, -0.1) is 0 Å². The topological polar surface area (TPSA) is 76.9 Å². The average molecular weight is 618 g/mol. The van der Waals surface area contributed by atoms with Gasteiger partial charge in [0, 0.05) is 42.9 Å². The van der Waals surface area contributed by atoms with Crippen LogP contribution in [0.2, 0.25) is 5.02 Å². The van der Waals surface area contributed by atoms with Crippen LogP contribution in [0.15, 0.2) is 54.7 Å². The minimum absolute atomic E-state index is 0.0147. The first-order valence-electron chi connectivity index (χ1n) is 12.8. The lowest BCUT2D eigenvalue weighted by molar-refractivity contribution is -0.143. The number of rotatable bonds is 10. The number of anilines is 2. The van der Waals surface area contributed by atoms with Crippen LogP contribution in [0.3, 0.4) is 0 Å². The third kappa shape index (κ3) is 7.34. The van der Waals surface area contributed by atoms with Gasteiger partial charge >= 0.3 is 12.4 Å². The third-order valence-electron chi connectivity index (χ3n) is 6.82. The smallest absolute Gasteiger partial charge is 0.396 e. The van der Waals surface area contributed by atoms with Gasteiger partial charge in [-0.1, -0.05) is 29.8 Å². The highest BCUT2D eigenvalue weighted by Crippen LogP contribution is 2.41. The van der Waals surface area contributed by atoms with E-state index in [-0.39, 0.29) is 31.5 Å². The second kappa shape index (κ2) is 12.9. The lowest BCUT2D eigenvalue weighted by atomic mass is 9.81. The van der Waals surface area contributed by atoms with Gasteiger partial charge in [-0.25, -0.2) is 4.98 Å². The highest BCUT2D eigenvalue weighted by atomic mass is 35.5. The first-order valence-corrected chi connectivity index (χ1v) is 13.2. The van der Waals surface area contributed by atoms with Crippen molar-refractivity contribution in [2.75, 3.05) is 43.2 Å². The van der Waals surface area contributed by atoms with Crippen LogP contribution in [0.5, 0.6) is 0 Å². The second-order valence-corrected chi connectivity index (χ2v) is 10.5. The van der Waals surface area contributed by atoms with Gasteiger partial charge in [-0.2, -0.15) is 26.3 Å². The molecule has 2 N–H and O–H groups in total. The molecule has 6 nitrogen and oxygen atoms in total. The molecule has 228 valence electrons. The lowest BCUT2D eigenvalue weighted by Gasteiger charge is -2.32. The Bertz CT molecular complexity index is 1380. The van der Waals surface area contributed by atoms with Gasteiger partial charge in [0.15, 0.2) is 0 Å². The van der Waals surface area contributed by atoms with Crippen LogP contribution in [-0.2, 0) is 22.6 Å². The molecule has 0 aliphatic carbocycles. The van der Waals surface area contributed by atoms with Crippen molar-refractivity contribution in [3.63, 3.8) is 0 Å². The fourth-order valence-electron chi connectivity index (χ4n) is 4.46. The summed E-state index contributed by atoms with van der Waals surface area (Å²) >= 11 is 6.47. The number of carbonyl (C=O) groups is 1. The van der Waals surface area contributed by atoms with E-state index < -0.39 is 40.4 Å². The van der Waals surface area contributed by atoms with Crippen LogP contribution >= 0.6 is 11.6 Å². The molecule has 0 fully saturated rings. The van der Waals surface area contributed by atoms with Crippen molar-refractivity contribution in [2.45, 2.75) is 38.0 Å². The van der Waals surface area contributed by atoms with E-state index in [0.717, 1.165) is 4.90 Å². The Morgan fingerprint density at radius 3 is 1.95 bits per heavy atom. The summed E-state index contributed by atoms with van der Waals surface area (Å²) < 4.78 is 81.3. The fourth-order valence-corrected chi connectivity index (χ4v) is 4.70. The molecule has 0 bridgehead atoms. The van der Waals surface area contributed by atoms with Crippen molar-refractivity contribution in [2.24, 2.45) is 0 Å². The molecule has 0 aliphatic heterocycles. The van der Waals surface area contributed by atoms with Gasteiger partial charge in [-0.05, 0) is 56.2 Å². The Morgan fingerprint density at radius 1 is 0.857 bits per heavy atom. The monoisotopic (exact) mass is 617 g/mol. The second-order valence-electron chi connectivity index (χ2n) is 10.1. The minimum Gasteiger partial charge on any atom is -0.396 e. The molecule has 0 atom stereocenters. The van der Waals surface area contributed by atoms with Gasteiger partial charge in [0.1, 0.15) is 5.82 Å². The summed E-state index contributed by atoms with van der Waals surface area (Å²) in [5.74, 6) is -0.408. The highest BCUT2D eigenvalue weighted by Gasteiger charge is 2.41. The number of aromatic nitrogens is 1. The zero-order valence-corrected chi connectivity index (χ0v) is 23.8. The number of likely N-dealkylation sites (N-methyl/N-ethyl adjacent to an activating group) is 1. The molecular weight excluding hydrogens is 588 g/mol. The molecule has 0 radical (unpaired) electrons. The maximum absolute atomic E-state index is 13.9. The predicted octanol–water partition coefficient (Wildman–Crippen LogP) is 6.56. The summed E-state index contributed by atoms with van der Waals surface area (Å²) in [5, 5.41) is 19.1. The summed E-state index contributed by atoms with van der Waals surface area (Å²) in [4.78, 5) is 21.1. The minimum atomic E-state index is -5.07. The summed E-state index contributed by atoms with van der Waals surface area (Å²) in [6.45, 7) is 2.72. The van der Waals surface area contributed by atoms with Crippen molar-refractivity contribution in [3.8, 4) is 11.1 Å². The zero-order valence-electron chi connectivity index (χ0n) is 23.0. The summed E-state index contributed by atoms with van der Waals surface area (Å²) in [6.07, 6.45) is -8.42. The molecule has 0 saturated heterocycles. The molecule has 2 aromatic carbocycles. The van der Waals surface area contributed by atoms with Crippen LogP contribution < -0.4 is 9.80 Å². The molecule has 0 unspecified atom stereocenters. The van der Waals surface area contributed by atoms with E-state index in [1.807, 2.05) is 0 Å². The molecule has 1 amide bonds. The lowest BCUT2D eigenvalue weighted by Crippen LogP contribution is -2.42. The Balaban J connectivity index is 2.16. The van der Waals surface area contributed by atoms with Gasteiger partial charge in [0.2, 0.25) is 5.91 Å². The van der Waals surface area contributed by atoms with Crippen molar-refractivity contribution >= 4 is 29.0 Å². The van der Waals surface area contributed by atoms with E-state index in [0.29, 0.717) is 47.1 Å². The fraction of sp³-hybridized carbons (Fsp3) is 0.379. The van der Waals surface area contributed by atoms with Crippen molar-refractivity contribution in [3.05, 3.63) is 76.4 Å². The van der Waals surface area contributed by atoms with Crippen LogP contribution in [0.25, 0.3) is 11.1 Å². The first-order chi connectivity index (χ1) is 19.5. The molecule has 0 spiro atoms. The number of aliphatic hydroxyl groups excluding tert-OH is 2. The van der Waals surface area contributed by atoms with E-state index in [1.165, 1.54) is 27.1 Å². The number of halogens is 7. The zero-order chi connectivity index (χ0) is 31.5. The summed E-state index contributed by atoms with van der Waals surface area (Å²) in [6, 6.07) is 9.42. The molecule has 0 aliphatic rings. The van der Waals surface area contributed by atoms with Gasteiger partial charge in [-0.3, -0.25) is 4.79 Å². The van der Waals surface area contributed by atoms with Gasteiger partial charge < -0.3 is 20.0 Å². The number of amides is 1. The third-order valence-corrected chi connectivity index (χ3v) is 7.15. The number of benzene rings is 2. The molecule has 0 saturated carbocycles. The van der Waals surface area contributed by atoms with Crippen LogP contribution in [-0.4, -0.2) is 54.5 Å². The SMILES string of the molecule is CN(C(=O)C(C)(C)c1cc(C(F)(F)F)cc(C(F)(F)F)c1)c1cnc(N(CCO)CCCO)cc1-c1ccccc1Cl. The van der Waals surface area contributed by atoms with Crippen LogP contribution in [0.1, 0.15) is 37.0 Å². The van der Waals surface area contributed by atoms with Gasteiger partial charge in [0.25, 0.3) is 0 Å². The van der Waals surface area contributed by atoms with E-state index in [2.05, 4.69) is 4.98 Å². The predicted molar refractivity (Wildman–Crippen MR) is 149 cm³/mol. The van der Waals surface area contributed by atoms with E-state index in [9.17, 15) is 41.4 Å². The molecule has 1 aromatic heterocycles. The Labute approximate surface area is 244 Å². The van der Waals surface area contributed by atoms with Crippen LogP contribution in [0.4, 0.5) is 37.8 Å². The summed E-state index contributed by atoms with van der Waals surface area (Å²) in [5.41, 5.74) is -4.27. The first kappa shape index (κ1) is 33.2. The highest BCUT2D eigenvalue weighted by molar-refractivity contribution is 6.33. The Kier molecular flexibility index (Phi) is 10.2. The number of alkyl halides is 6. The number of carbonyl (C=O) groups excluding carboxylic acids is 1. The molecule has 3 rings (SSSR count). The Hall–Kier alpha value is -3.35. The number of hydrogen-bond acceptors (Lipinski definition) is 5. The molecule has 1 heterocycles. The summed E-state index contributed by atoms with van der Waals surface area (Å²) in [7, 11) is 1.34. The number of nitrogens with zero attached hydrogens (tertiary/aromatic N) is 3. The number of aliphatic hydroxyl groups is 2. The normalized spacial score (nSPS) is 12.4. The average Bonchev–Trinajstić information content (AvgIpc) is 2.93. The molecular formula is C29H30ClF6N3O3. The van der Waals surface area contributed by atoms with E-state index in [1.54, 1.807) is 35.2 Å². The van der Waals surface area contributed by atoms with Crippen LogP contribution in [0, 0.1) is 0 Å². The van der Waals surface area contributed by atoms with Gasteiger partial charge in [0.05, 0.1) is 35.0 Å². The number of hydrogen-bond donors (Lipinski definition) is 2. The van der Waals surface area contributed by atoms with Crippen molar-refractivity contribution in [1.29, 1.82) is 0 Å². The standard InChI is InChI=1S/C29H30ClF6N3O3/c1-27(2,18-13-19(28(31,32)33)15-20(14-18)29(34,35)36)26(42)38(3)24-17-37-25(39(10-12-41)9-6-11-40)16-22(24)21-7-4-5-8-23(21)30/h4-5,7-8,13-17,40-41H,6,9-12H2,1-3H3.